The molecular weight excluding hydrogens is 463 g/mol. The first-order valence-corrected chi connectivity index (χ1v) is 10.0. The van der Waals surface area contributed by atoms with Crippen LogP contribution in [0.15, 0.2) is 66.7 Å². The van der Waals surface area contributed by atoms with Gasteiger partial charge in [0, 0.05) is 14.7 Å². The third-order valence-electron chi connectivity index (χ3n) is 4.87. The monoisotopic (exact) mass is 485 g/mol. The smallest absolute Gasteiger partial charge is 0.150 e. The van der Waals surface area contributed by atoms with Crippen LogP contribution in [0.4, 0.5) is 0 Å². The lowest BCUT2D eigenvalue weighted by Gasteiger charge is -2.31. The summed E-state index contributed by atoms with van der Waals surface area (Å²) in [6, 6.07) is 21.4. The Hall–Kier alpha value is -2.47. The molecule has 0 N–H and O–H groups in total. The molecule has 0 amide bonds. The van der Waals surface area contributed by atoms with Crippen molar-refractivity contribution < 1.29 is 15.6 Å². The molecule has 0 aromatic heterocycles. The third kappa shape index (κ3) is 3.49. The minimum absolute atomic E-state index is 0.670. The van der Waals surface area contributed by atoms with E-state index in [0.717, 1.165) is 42.9 Å². The second-order valence-corrected chi connectivity index (χ2v) is 7.78. The van der Waals surface area contributed by atoms with Crippen molar-refractivity contribution >= 4 is 33.7 Å². The Morgan fingerprint density at radius 3 is 2.36 bits per heavy atom. The van der Waals surface area contributed by atoms with Gasteiger partial charge in [0.1, 0.15) is 23.3 Å². The molecule has 1 aliphatic rings. The fourth-order valence-electron chi connectivity index (χ4n) is 3.41. The highest BCUT2D eigenvalue weighted by Gasteiger charge is 2.29. The molecule has 142 valence electrons. The van der Waals surface area contributed by atoms with Gasteiger partial charge in [-0.25, -0.2) is 0 Å². The van der Waals surface area contributed by atoms with Gasteiger partial charge in [0.05, 0.1) is 15.6 Å². The standard InChI is InChI=1S/C24H21IO3/c1-15-21-14-20(27-3)11-12-22(21)28-24(16-7-9-18(25)10-8-16)23(15)17-5-4-6-19(13-17)26-2/h4-14,24H,1-3H3/i24D. The third-order valence-corrected chi connectivity index (χ3v) is 5.59. The molecule has 0 saturated carbocycles. The van der Waals surface area contributed by atoms with Crippen molar-refractivity contribution in [2.45, 2.75) is 13.0 Å². The predicted octanol–water partition coefficient (Wildman–Crippen LogP) is 6.37. The molecule has 4 rings (SSSR count). The highest BCUT2D eigenvalue weighted by molar-refractivity contribution is 14.1. The molecule has 0 radical (unpaired) electrons. The normalized spacial score (nSPS) is 18.8. The molecule has 28 heavy (non-hydrogen) atoms. The van der Waals surface area contributed by atoms with Crippen molar-refractivity contribution in [2.75, 3.05) is 14.2 Å². The molecular formula is C24H21IO3. The zero-order valence-electron chi connectivity index (χ0n) is 17.0. The van der Waals surface area contributed by atoms with Gasteiger partial charge < -0.3 is 14.2 Å². The fraction of sp³-hybridized carbons (Fsp3) is 0.167. The van der Waals surface area contributed by atoms with Gasteiger partial charge in [0.25, 0.3) is 0 Å². The molecule has 1 heterocycles. The highest BCUT2D eigenvalue weighted by Crippen LogP contribution is 2.47. The predicted molar refractivity (Wildman–Crippen MR) is 121 cm³/mol. The van der Waals surface area contributed by atoms with Crippen molar-refractivity contribution in [3.63, 3.8) is 0 Å². The van der Waals surface area contributed by atoms with E-state index in [-0.39, 0.29) is 0 Å². The Bertz CT molecular complexity index is 1090. The second-order valence-electron chi connectivity index (χ2n) is 6.53. The SMILES string of the molecule is [2H]C1(c2ccc(I)cc2)Oc2ccc(OC)cc2C(C)=C1c1cccc(OC)c1. The topological polar surface area (TPSA) is 27.7 Å². The molecule has 0 aliphatic carbocycles. The molecule has 0 spiro atoms. The Morgan fingerprint density at radius 1 is 0.929 bits per heavy atom. The molecule has 3 aromatic rings. The second kappa shape index (κ2) is 7.87. The maximum atomic E-state index is 9.46. The van der Waals surface area contributed by atoms with Gasteiger partial charge in [0.2, 0.25) is 0 Å². The summed E-state index contributed by atoms with van der Waals surface area (Å²) >= 11 is 2.27. The van der Waals surface area contributed by atoms with E-state index in [1.165, 1.54) is 0 Å². The lowest BCUT2D eigenvalue weighted by Crippen LogP contribution is -2.16. The van der Waals surface area contributed by atoms with Crippen LogP contribution in [0.2, 0.25) is 0 Å². The number of hydrogen-bond donors (Lipinski definition) is 0. The molecule has 0 fully saturated rings. The Balaban J connectivity index is 2.00. The van der Waals surface area contributed by atoms with E-state index in [1.54, 1.807) is 14.2 Å². The number of hydrogen-bond acceptors (Lipinski definition) is 3. The lowest BCUT2D eigenvalue weighted by molar-refractivity contribution is 0.259. The van der Waals surface area contributed by atoms with Crippen LogP contribution in [0, 0.1) is 3.57 Å². The summed E-state index contributed by atoms with van der Waals surface area (Å²) < 4.78 is 27.8. The van der Waals surface area contributed by atoms with Crippen LogP contribution in [-0.2, 0) is 0 Å². The molecule has 1 aliphatic heterocycles. The minimum atomic E-state index is -1.39. The van der Waals surface area contributed by atoms with Gasteiger partial charge in [0.15, 0.2) is 0 Å². The number of allylic oxidation sites excluding steroid dienone is 1. The first kappa shape index (κ1) is 17.6. The highest BCUT2D eigenvalue weighted by atomic mass is 127. The van der Waals surface area contributed by atoms with Crippen molar-refractivity contribution in [3.8, 4) is 17.2 Å². The van der Waals surface area contributed by atoms with E-state index in [4.69, 9.17) is 14.2 Å². The van der Waals surface area contributed by atoms with Crippen LogP contribution in [-0.4, -0.2) is 14.2 Å². The van der Waals surface area contributed by atoms with Crippen molar-refractivity contribution in [3.05, 3.63) is 87.0 Å². The number of methoxy groups -OCH3 is 2. The summed E-state index contributed by atoms with van der Waals surface area (Å²) in [7, 11) is 3.29. The van der Waals surface area contributed by atoms with Crippen LogP contribution < -0.4 is 14.2 Å². The zero-order chi connectivity index (χ0) is 20.6. The van der Waals surface area contributed by atoms with Gasteiger partial charge in [-0.15, -0.1) is 0 Å². The molecule has 0 saturated heterocycles. The number of benzene rings is 3. The van der Waals surface area contributed by atoms with E-state index in [0.29, 0.717) is 5.75 Å². The van der Waals surface area contributed by atoms with Crippen LogP contribution >= 0.6 is 22.6 Å². The van der Waals surface area contributed by atoms with E-state index < -0.39 is 6.08 Å². The van der Waals surface area contributed by atoms with Gasteiger partial charge >= 0.3 is 0 Å². The van der Waals surface area contributed by atoms with Gasteiger partial charge in [-0.1, -0.05) is 24.3 Å². The number of halogens is 1. The summed E-state index contributed by atoms with van der Waals surface area (Å²) in [5.74, 6) is 2.16. The summed E-state index contributed by atoms with van der Waals surface area (Å²) in [4.78, 5) is 0. The zero-order valence-corrected chi connectivity index (χ0v) is 18.1. The Labute approximate surface area is 180 Å². The summed E-state index contributed by atoms with van der Waals surface area (Å²) in [5.41, 5.74) is 4.36. The van der Waals surface area contributed by atoms with E-state index in [9.17, 15) is 1.37 Å². The molecule has 3 aromatic carbocycles. The molecule has 1 atom stereocenters. The first-order valence-electron chi connectivity index (χ1n) is 9.45. The van der Waals surface area contributed by atoms with Crippen LogP contribution in [0.25, 0.3) is 11.1 Å². The van der Waals surface area contributed by atoms with Crippen LogP contribution in [0.3, 0.4) is 0 Å². The summed E-state index contributed by atoms with van der Waals surface area (Å²) in [6.07, 6.45) is -1.39. The summed E-state index contributed by atoms with van der Waals surface area (Å²) in [5, 5.41) is 0. The average Bonchev–Trinajstić information content (AvgIpc) is 2.74. The molecule has 3 nitrogen and oxygen atoms in total. The van der Waals surface area contributed by atoms with Crippen molar-refractivity contribution in [1.29, 1.82) is 0 Å². The van der Waals surface area contributed by atoms with Gasteiger partial charge in [-0.05, 0) is 88.7 Å². The molecule has 0 bridgehead atoms. The number of rotatable bonds is 4. The van der Waals surface area contributed by atoms with Gasteiger partial charge in [-0.2, -0.15) is 0 Å². The largest absolute Gasteiger partial charge is 0.497 e. The average molecular weight is 485 g/mol. The number of fused-ring (bicyclic) bond motifs is 1. The maximum absolute atomic E-state index is 9.46. The van der Waals surface area contributed by atoms with Crippen LogP contribution in [0.1, 0.15) is 31.1 Å². The van der Waals surface area contributed by atoms with Crippen LogP contribution in [0.5, 0.6) is 17.2 Å². The van der Waals surface area contributed by atoms with Gasteiger partial charge in [-0.3, -0.25) is 0 Å². The first-order chi connectivity index (χ1) is 14.0. The van der Waals surface area contributed by atoms with E-state index in [2.05, 4.69) is 22.6 Å². The molecule has 4 heteroatoms. The maximum Gasteiger partial charge on any atom is 0.150 e. The minimum Gasteiger partial charge on any atom is -0.497 e. The molecule has 1 unspecified atom stereocenters. The Kier molecular flexibility index (Phi) is 4.95. The fourth-order valence-corrected chi connectivity index (χ4v) is 3.77. The number of ether oxygens (including phenoxy) is 3. The van der Waals surface area contributed by atoms with E-state index in [1.807, 2.05) is 73.7 Å². The summed E-state index contributed by atoms with van der Waals surface area (Å²) in [6.45, 7) is 2.03. The van der Waals surface area contributed by atoms with E-state index >= 15 is 0 Å². The van der Waals surface area contributed by atoms with Crippen molar-refractivity contribution in [2.24, 2.45) is 0 Å². The van der Waals surface area contributed by atoms with Crippen molar-refractivity contribution in [1.82, 2.24) is 0 Å². The lowest BCUT2D eigenvalue weighted by atomic mass is 9.86. The Morgan fingerprint density at radius 2 is 1.64 bits per heavy atom. The quantitative estimate of drug-likeness (QED) is 0.402.